The first-order valence-corrected chi connectivity index (χ1v) is 21.0. The molecule has 1 saturated heterocycles. The highest BCUT2D eigenvalue weighted by atomic mass is 28.4. The average molecular weight is 750 g/mol. The number of hydrogen-bond donors (Lipinski definition) is 4. The van der Waals surface area contributed by atoms with Crippen LogP contribution in [0.4, 0.5) is 22.7 Å². The summed E-state index contributed by atoms with van der Waals surface area (Å²) >= 11 is 0. The van der Waals surface area contributed by atoms with Gasteiger partial charge in [0, 0.05) is 52.6 Å². The summed E-state index contributed by atoms with van der Waals surface area (Å²) in [6.45, 7) is 5.49. The Balaban J connectivity index is 1.18. The van der Waals surface area contributed by atoms with Gasteiger partial charge < -0.3 is 35.5 Å². The van der Waals surface area contributed by atoms with Gasteiger partial charge in [0.05, 0.1) is 42.3 Å². The van der Waals surface area contributed by atoms with Crippen LogP contribution in [0.15, 0.2) is 91.0 Å². The third-order valence-corrected chi connectivity index (χ3v) is 13.7. The number of nitro groups is 1. The van der Waals surface area contributed by atoms with E-state index in [2.05, 4.69) is 5.32 Å². The Labute approximate surface area is 313 Å². The van der Waals surface area contributed by atoms with E-state index in [0.717, 1.165) is 16.7 Å². The Morgan fingerprint density at radius 3 is 2.37 bits per heavy atom. The van der Waals surface area contributed by atoms with Crippen LogP contribution in [-0.2, 0) is 39.4 Å². The second kappa shape index (κ2) is 14.1. The van der Waals surface area contributed by atoms with Gasteiger partial charge in [-0.05, 0) is 78.7 Å². The van der Waals surface area contributed by atoms with Gasteiger partial charge in [0.2, 0.25) is 5.91 Å². The molecule has 13 nitrogen and oxygen atoms in total. The largest absolute Gasteiger partial charge is 0.432 e. The number of nitrogens with one attached hydrogen (secondary N) is 1. The van der Waals surface area contributed by atoms with Crippen molar-refractivity contribution in [2.24, 2.45) is 5.92 Å². The van der Waals surface area contributed by atoms with Gasteiger partial charge in [-0.15, -0.1) is 0 Å². The molecule has 3 amide bonds. The Kier molecular flexibility index (Phi) is 9.64. The minimum atomic E-state index is -3.16. The van der Waals surface area contributed by atoms with Crippen LogP contribution in [-0.4, -0.2) is 64.5 Å². The molecule has 0 bridgehead atoms. The molecule has 5 N–H and O–H groups in total. The number of nitrogens with two attached hydrogens (primary N) is 1. The third-order valence-electron chi connectivity index (χ3n) is 11.2. The molecular formula is C40H43N5O8Si. The number of anilines is 3. The lowest BCUT2D eigenvalue weighted by Gasteiger charge is -2.37. The maximum atomic E-state index is 14.9. The Morgan fingerprint density at radius 2 is 1.72 bits per heavy atom. The molecule has 0 saturated carbocycles. The number of ether oxygens (including phenoxy) is 1. The second-order valence-electron chi connectivity index (χ2n) is 15.0. The molecule has 4 aromatic carbocycles. The number of fused-ring (bicyclic) bond motifs is 3. The highest BCUT2D eigenvalue weighted by Crippen LogP contribution is 2.60. The summed E-state index contributed by atoms with van der Waals surface area (Å²) in [6, 6.07) is 25.2. The van der Waals surface area contributed by atoms with Crippen molar-refractivity contribution in [1.29, 1.82) is 0 Å². The molecule has 3 aliphatic heterocycles. The van der Waals surface area contributed by atoms with Crippen LogP contribution in [0, 0.1) is 16.0 Å². The van der Waals surface area contributed by atoms with Crippen LogP contribution < -0.4 is 16.0 Å². The minimum Gasteiger partial charge on any atom is -0.432 e. The van der Waals surface area contributed by atoms with Gasteiger partial charge in [0.25, 0.3) is 17.5 Å². The van der Waals surface area contributed by atoms with Crippen molar-refractivity contribution in [2.45, 2.75) is 69.2 Å². The molecule has 0 aliphatic carbocycles. The van der Waals surface area contributed by atoms with Crippen LogP contribution in [0.5, 0.6) is 0 Å². The monoisotopic (exact) mass is 749 g/mol. The molecule has 4 aromatic rings. The molecule has 3 aliphatic rings. The lowest BCUT2D eigenvalue weighted by Crippen LogP contribution is -2.48. The normalized spacial score (nSPS) is 23.3. The van der Waals surface area contributed by atoms with Crippen molar-refractivity contribution in [3.63, 3.8) is 0 Å². The fourth-order valence-electron chi connectivity index (χ4n) is 8.58. The Bertz CT molecular complexity index is 2120. The number of hydrogen-bond acceptors (Lipinski definition) is 9. The van der Waals surface area contributed by atoms with E-state index in [1.165, 1.54) is 17.0 Å². The smallest absolute Gasteiger partial charge is 0.269 e. The second-order valence-corrected chi connectivity index (χ2v) is 19.0. The molecule has 54 heavy (non-hydrogen) atoms. The molecule has 7 rings (SSSR count). The van der Waals surface area contributed by atoms with Crippen LogP contribution >= 0.6 is 0 Å². The predicted octanol–water partition coefficient (Wildman–Crippen LogP) is 5.11. The molecule has 0 radical (unpaired) electrons. The fourth-order valence-corrected chi connectivity index (χ4v) is 11.1. The van der Waals surface area contributed by atoms with Crippen LogP contribution in [0.3, 0.4) is 0 Å². The van der Waals surface area contributed by atoms with Gasteiger partial charge in [-0.3, -0.25) is 24.5 Å². The molecule has 5 atom stereocenters. The van der Waals surface area contributed by atoms with Crippen LogP contribution in [0.25, 0.3) is 0 Å². The van der Waals surface area contributed by atoms with E-state index in [4.69, 9.17) is 10.5 Å². The van der Waals surface area contributed by atoms with Gasteiger partial charge >= 0.3 is 0 Å². The first-order chi connectivity index (χ1) is 25.7. The predicted molar refractivity (Wildman–Crippen MR) is 205 cm³/mol. The molecule has 14 heteroatoms. The van der Waals surface area contributed by atoms with Crippen molar-refractivity contribution in [3.8, 4) is 0 Å². The van der Waals surface area contributed by atoms with E-state index < -0.39 is 48.4 Å². The van der Waals surface area contributed by atoms with Crippen LogP contribution in [0.1, 0.15) is 46.0 Å². The Hall–Kier alpha value is -5.41. The van der Waals surface area contributed by atoms with Gasteiger partial charge in [-0.1, -0.05) is 43.3 Å². The summed E-state index contributed by atoms with van der Waals surface area (Å²) in [6.07, 6.45) is -0.530. The summed E-state index contributed by atoms with van der Waals surface area (Å²) in [7, 11) is -3.16. The Morgan fingerprint density at radius 1 is 1.04 bits per heavy atom. The minimum absolute atomic E-state index is 0.0905. The fraction of sp³-hybridized carbons (Fsp3) is 0.325. The molecule has 1 spiro atoms. The van der Waals surface area contributed by atoms with Gasteiger partial charge in [0.1, 0.15) is 0 Å². The van der Waals surface area contributed by atoms with Gasteiger partial charge in [-0.25, -0.2) is 0 Å². The highest BCUT2D eigenvalue weighted by Gasteiger charge is 2.66. The van der Waals surface area contributed by atoms with Crippen molar-refractivity contribution >= 4 is 48.8 Å². The van der Waals surface area contributed by atoms with Crippen LogP contribution in [0.2, 0.25) is 18.6 Å². The van der Waals surface area contributed by atoms with Crippen molar-refractivity contribution in [3.05, 3.63) is 129 Å². The zero-order valence-corrected chi connectivity index (χ0v) is 31.3. The molecule has 1 fully saturated rings. The lowest BCUT2D eigenvalue weighted by molar-refractivity contribution is -0.385. The zero-order valence-electron chi connectivity index (χ0n) is 30.3. The molecule has 280 valence electrons. The standard InChI is InChI=1S/C40H43N5O8Si/c1-24-37(54(2,3)52)35(20-36(47)43-22-28-7-5-4-6-27(28)18-32(43)23-46)53-40(24)33-19-31(45(50)51)16-17-34(33)44(39(40)49)21-25-8-14-30(15-9-25)42-38(48)26-10-12-29(41)13-11-26/h4-17,19,24,32,35,37,46,52H,18,20-23,41H2,1-3H3,(H,42,48)/t24-,32+,35+,37-,40+/m1/s1. The molecule has 0 unspecified atom stereocenters. The number of carbonyl (C=O) groups is 3. The maximum absolute atomic E-state index is 14.9. The number of benzene rings is 4. The summed E-state index contributed by atoms with van der Waals surface area (Å²) in [5.41, 5.74) is 8.30. The van der Waals surface area contributed by atoms with E-state index in [0.29, 0.717) is 41.2 Å². The number of non-ortho nitro benzene ring substituents is 1. The first-order valence-electron chi connectivity index (χ1n) is 17.9. The number of amides is 3. The van der Waals surface area contributed by atoms with Crippen molar-refractivity contribution in [2.75, 3.05) is 22.6 Å². The van der Waals surface area contributed by atoms with Crippen molar-refractivity contribution < 1.29 is 33.9 Å². The summed E-state index contributed by atoms with van der Waals surface area (Å²) in [5, 5.41) is 25.2. The third kappa shape index (κ3) is 6.55. The quantitative estimate of drug-likeness (QED) is 0.0781. The zero-order chi connectivity index (χ0) is 38.5. The van der Waals surface area contributed by atoms with E-state index >= 15 is 0 Å². The number of aliphatic hydroxyl groups excluding tert-OH is 1. The van der Waals surface area contributed by atoms with Gasteiger partial charge in [0.15, 0.2) is 13.9 Å². The topological polar surface area (TPSA) is 189 Å². The SMILES string of the molecule is C[C@@H]1[C@@H]([Si](C)(C)O)[C@H](CC(=O)N2Cc3ccccc3C[C@H]2CO)O[C@@]12C(=O)N(Cc1ccc(NC(=O)c3ccc(N)cc3)cc1)c1ccc([N+](=O)[O-])cc12. The van der Waals surface area contributed by atoms with E-state index in [-0.39, 0.29) is 37.1 Å². The average Bonchev–Trinajstić information content (AvgIpc) is 3.57. The number of carbonyl (C=O) groups excluding carboxylic acids is 3. The highest BCUT2D eigenvalue weighted by molar-refractivity contribution is 6.71. The number of nitrogen functional groups attached to an aromatic ring is 1. The molecule has 0 aromatic heterocycles. The number of nitrogens with zero attached hydrogens (tertiary/aromatic N) is 3. The number of aliphatic hydroxyl groups is 1. The summed E-state index contributed by atoms with van der Waals surface area (Å²) in [5.74, 6) is -1.67. The first kappa shape index (κ1) is 36.9. The molecular weight excluding hydrogens is 707 g/mol. The molecule has 3 heterocycles. The number of nitro benzene ring substituents is 1. The van der Waals surface area contributed by atoms with E-state index in [1.54, 1.807) is 72.6 Å². The van der Waals surface area contributed by atoms with E-state index in [9.17, 15) is 34.4 Å². The van der Waals surface area contributed by atoms with Crippen molar-refractivity contribution in [1.82, 2.24) is 4.90 Å². The van der Waals surface area contributed by atoms with Gasteiger partial charge in [-0.2, -0.15) is 0 Å². The summed E-state index contributed by atoms with van der Waals surface area (Å²) < 4.78 is 6.81. The maximum Gasteiger partial charge on any atom is 0.269 e. The van der Waals surface area contributed by atoms with E-state index in [1.807, 2.05) is 31.2 Å². The number of rotatable bonds is 9. The lowest BCUT2D eigenvalue weighted by atomic mass is 9.82. The summed E-state index contributed by atoms with van der Waals surface area (Å²) in [4.78, 5) is 68.2.